The monoisotopic (exact) mass is 480 g/mol. The quantitative estimate of drug-likeness (QED) is 0.246. The van der Waals surface area contributed by atoms with Crippen LogP contribution in [0.5, 0.6) is 5.75 Å². The molecule has 1 aromatic heterocycles. The summed E-state index contributed by atoms with van der Waals surface area (Å²) < 4.78 is 12.8. The molecular weight excluding hydrogens is 452 g/mol. The second-order valence-corrected chi connectivity index (χ2v) is 8.81. The van der Waals surface area contributed by atoms with E-state index in [1.807, 2.05) is 66.7 Å². The lowest BCUT2D eigenvalue weighted by Gasteiger charge is -2.21. The van der Waals surface area contributed by atoms with Crippen LogP contribution in [0.15, 0.2) is 77.6 Å². The van der Waals surface area contributed by atoms with Gasteiger partial charge in [-0.2, -0.15) is 4.98 Å². The summed E-state index contributed by atoms with van der Waals surface area (Å²) >= 11 is 0. The zero-order chi connectivity index (χ0) is 25.7. The third-order valence-corrected chi connectivity index (χ3v) is 5.95. The third-order valence-electron chi connectivity index (χ3n) is 5.95. The minimum atomic E-state index is -0.653. The van der Waals surface area contributed by atoms with Crippen molar-refractivity contribution in [2.24, 2.45) is 0 Å². The summed E-state index contributed by atoms with van der Waals surface area (Å²) in [6.07, 6.45) is 4.72. The fourth-order valence-corrected chi connectivity index (χ4v) is 4.14. The zero-order valence-electron chi connectivity index (χ0n) is 20.6. The average molecular weight is 481 g/mol. The number of fused-ring (bicyclic) bond motifs is 1. The minimum absolute atomic E-state index is 0.114. The molecule has 1 heterocycles. The topological polar surface area (TPSA) is 70.4 Å². The van der Waals surface area contributed by atoms with E-state index < -0.39 is 17.8 Å². The van der Waals surface area contributed by atoms with E-state index in [0.29, 0.717) is 22.9 Å². The molecule has 4 rings (SSSR count). The van der Waals surface area contributed by atoms with Gasteiger partial charge in [0, 0.05) is 17.9 Å². The first-order valence-electron chi connectivity index (χ1n) is 11.8. The largest absolute Gasteiger partial charge is 0.481 e. The Morgan fingerprint density at radius 1 is 1.03 bits per heavy atom. The van der Waals surface area contributed by atoms with Crippen LogP contribution in [0.3, 0.4) is 0 Å². The predicted octanol–water partition coefficient (Wildman–Crippen LogP) is 5.50. The van der Waals surface area contributed by atoms with Gasteiger partial charge in [-0.15, -0.1) is 6.42 Å². The van der Waals surface area contributed by atoms with Crippen molar-refractivity contribution in [1.29, 1.82) is 0 Å². The number of rotatable bonds is 8. The van der Waals surface area contributed by atoms with Gasteiger partial charge in [-0.1, -0.05) is 74.4 Å². The lowest BCUT2D eigenvalue weighted by Crippen LogP contribution is -2.28. The molecule has 0 amide bonds. The molecule has 3 aromatic carbocycles. The van der Waals surface area contributed by atoms with Crippen molar-refractivity contribution >= 4 is 16.9 Å². The molecule has 4 aromatic rings. The maximum Gasteiger partial charge on any atom is 0.348 e. The normalized spacial score (nSPS) is 11.8. The maximum atomic E-state index is 13.4. The van der Waals surface area contributed by atoms with Gasteiger partial charge in [0.15, 0.2) is 0 Å². The summed E-state index contributed by atoms with van der Waals surface area (Å²) in [7, 11) is 0. The summed E-state index contributed by atoms with van der Waals surface area (Å²) in [5.41, 5.74) is 3.57. The van der Waals surface area contributed by atoms with Gasteiger partial charge in [-0.25, -0.2) is 4.79 Å². The van der Waals surface area contributed by atoms with E-state index in [4.69, 9.17) is 15.9 Å². The van der Waals surface area contributed by atoms with Crippen LogP contribution in [0.2, 0.25) is 0 Å². The third kappa shape index (κ3) is 5.47. The molecule has 0 saturated heterocycles. The lowest BCUT2D eigenvalue weighted by atomic mass is 9.99. The van der Waals surface area contributed by atoms with Crippen LogP contribution in [-0.4, -0.2) is 22.1 Å². The number of nitrogens with zero attached hydrogens (tertiary/aromatic N) is 2. The molecule has 0 aliphatic rings. The Morgan fingerprint density at radius 2 is 1.75 bits per heavy atom. The first-order chi connectivity index (χ1) is 17.4. The number of benzene rings is 3. The van der Waals surface area contributed by atoms with E-state index in [0.717, 1.165) is 16.5 Å². The fraction of sp³-hybridized carbons (Fsp3) is 0.233. The van der Waals surface area contributed by atoms with Gasteiger partial charge in [-0.3, -0.25) is 9.36 Å². The second-order valence-electron chi connectivity index (χ2n) is 8.81. The molecule has 6 nitrogen and oxygen atoms in total. The molecule has 36 heavy (non-hydrogen) atoms. The van der Waals surface area contributed by atoms with Crippen molar-refractivity contribution < 1.29 is 14.3 Å². The molecule has 0 bridgehead atoms. The highest BCUT2D eigenvalue weighted by Crippen LogP contribution is 2.31. The van der Waals surface area contributed by atoms with Crippen molar-refractivity contribution in [1.82, 2.24) is 9.55 Å². The highest BCUT2D eigenvalue weighted by molar-refractivity contribution is 5.93. The van der Waals surface area contributed by atoms with Crippen LogP contribution in [0.1, 0.15) is 43.9 Å². The molecule has 0 N–H and O–H groups in total. The predicted molar refractivity (Wildman–Crippen MR) is 141 cm³/mol. The van der Waals surface area contributed by atoms with Crippen LogP contribution in [-0.2, 0) is 16.1 Å². The number of aromatic nitrogens is 2. The molecule has 0 saturated carbocycles. The molecule has 6 heteroatoms. The van der Waals surface area contributed by atoms with Gasteiger partial charge >= 0.3 is 11.7 Å². The number of esters is 1. The van der Waals surface area contributed by atoms with Crippen LogP contribution < -0.4 is 10.4 Å². The summed E-state index contributed by atoms with van der Waals surface area (Å²) in [5.74, 6) is 3.00. The molecular formula is C30H28N2O4. The number of ether oxygens (including phenoxy) is 2. The number of hydrogen-bond acceptors (Lipinski definition) is 5. The molecule has 1 atom stereocenters. The highest BCUT2D eigenvalue weighted by Gasteiger charge is 2.20. The van der Waals surface area contributed by atoms with E-state index in [9.17, 15) is 9.59 Å². The second kappa shape index (κ2) is 10.9. The number of terminal acetylenes is 1. The van der Waals surface area contributed by atoms with Crippen LogP contribution in [0, 0.1) is 12.3 Å². The molecule has 0 radical (unpaired) electrons. The summed E-state index contributed by atoms with van der Waals surface area (Å²) in [5, 5.41) is 0.732. The summed E-state index contributed by atoms with van der Waals surface area (Å²) in [6, 6.07) is 22.8. The summed E-state index contributed by atoms with van der Waals surface area (Å²) in [4.78, 5) is 29.7. The van der Waals surface area contributed by atoms with Crippen molar-refractivity contribution in [3.8, 4) is 29.4 Å². The standard InChI is InChI=1S/C30H28N2O4/c1-5-17-35-25-15-16-27-26(18-25)29(24-13-11-22(12-14-24)20(2)3)31-30(34)32(27)19-28(36-21(4)33)23-9-7-6-8-10-23/h1,6-16,18,20,28H,17,19H2,2-4H3. The van der Waals surface area contributed by atoms with E-state index in [-0.39, 0.29) is 13.2 Å². The SMILES string of the molecule is C#CCOc1ccc2c(c1)c(-c1ccc(C(C)C)cc1)nc(=O)n2CC(OC(C)=O)c1ccccc1. The van der Waals surface area contributed by atoms with Crippen molar-refractivity contribution in [2.45, 2.75) is 39.3 Å². The van der Waals surface area contributed by atoms with E-state index in [1.54, 1.807) is 6.07 Å². The highest BCUT2D eigenvalue weighted by atomic mass is 16.5. The first-order valence-corrected chi connectivity index (χ1v) is 11.8. The van der Waals surface area contributed by atoms with Crippen LogP contribution >= 0.6 is 0 Å². The van der Waals surface area contributed by atoms with Gasteiger partial charge < -0.3 is 9.47 Å². The molecule has 0 aliphatic heterocycles. The number of carbonyl (C=O) groups excluding carboxylic acids is 1. The molecule has 0 spiro atoms. The van der Waals surface area contributed by atoms with Crippen molar-refractivity contribution in [2.75, 3.05) is 6.61 Å². The Kier molecular flexibility index (Phi) is 7.50. The summed E-state index contributed by atoms with van der Waals surface area (Å²) in [6.45, 7) is 5.85. The zero-order valence-corrected chi connectivity index (χ0v) is 20.6. The van der Waals surface area contributed by atoms with E-state index in [2.05, 4.69) is 24.8 Å². The Balaban J connectivity index is 1.87. The Hall–Kier alpha value is -4.37. The molecule has 1 unspecified atom stereocenters. The number of hydrogen-bond donors (Lipinski definition) is 0. The average Bonchev–Trinajstić information content (AvgIpc) is 2.88. The fourth-order valence-electron chi connectivity index (χ4n) is 4.14. The Morgan fingerprint density at radius 3 is 2.39 bits per heavy atom. The minimum Gasteiger partial charge on any atom is -0.481 e. The Bertz CT molecular complexity index is 1470. The molecule has 0 fully saturated rings. The molecule has 0 aliphatic carbocycles. The van der Waals surface area contributed by atoms with Crippen LogP contribution in [0.4, 0.5) is 0 Å². The number of carbonyl (C=O) groups is 1. The van der Waals surface area contributed by atoms with Gasteiger partial charge in [0.25, 0.3) is 0 Å². The Labute approximate surface area is 210 Å². The molecule has 182 valence electrons. The maximum absolute atomic E-state index is 13.4. The van der Waals surface area contributed by atoms with Gasteiger partial charge in [0.1, 0.15) is 18.5 Å². The van der Waals surface area contributed by atoms with E-state index >= 15 is 0 Å². The van der Waals surface area contributed by atoms with Gasteiger partial charge in [-0.05, 0) is 35.2 Å². The van der Waals surface area contributed by atoms with Gasteiger partial charge in [0.2, 0.25) is 0 Å². The van der Waals surface area contributed by atoms with Crippen LogP contribution in [0.25, 0.3) is 22.2 Å². The van der Waals surface area contributed by atoms with E-state index in [1.165, 1.54) is 17.1 Å². The van der Waals surface area contributed by atoms with Crippen molar-refractivity contribution in [3.05, 3.63) is 94.4 Å². The lowest BCUT2D eigenvalue weighted by molar-refractivity contribution is -0.147. The smallest absolute Gasteiger partial charge is 0.348 e. The first kappa shape index (κ1) is 24.7. The van der Waals surface area contributed by atoms with Gasteiger partial charge in [0.05, 0.1) is 17.8 Å². The van der Waals surface area contributed by atoms with Crippen molar-refractivity contribution in [3.63, 3.8) is 0 Å².